The van der Waals surface area contributed by atoms with Crippen LogP contribution in [0.2, 0.25) is 0 Å². The number of hydrogen-bond acceptors (Lipinski definition) is 3. The molecule has 2 aliphatic rings. The van der Waals surface area contributed by atoms with E-state index in [1.807, 2.05) is 0 Å². The van der Waals surface area contributed by atoms with Gasteiger partial charge < -0.3 is 10.8 Å². The van der Waals surface area contributed by atoms with Crippen molar-refractivity contribution in [3.05, 3.63) is 0 Å². The lowest BCUT2D eigenvalue weighted by Crippen LogP contribution is -2.54. The second kappa shape index (κ2) is 5.25. The van der Waals surface area contributed by atoms with Crippen molar-refractivity contribution >= 4 is 0 Å². The minimum Gasteiger partial charge on any atom is -0.394 e. The first-order valence-corrected chi connectivity index (χ1v) is 7.19. The SMILES string of the molecule is CC(C)CN(C1CC1)C1CCCC(N)(CO)C1. The van der Waals surface area contributed by atoms with Crippen molar-refractivity contribution in [3.8, 4) is 0 Å². The van der Waals surface area contributed by atoms with Gasteiger partial charge in [-0.05, 0) is 44.4 Å². The van der Waals surface area contributed by atoms with Gasteiger partial charge in [-0.15, -0.1) is 0 Å². The molecule has 2 rings (SSSR count). The molecule has 0 aliphatic heterocycles. The normalized spacial score (nSPS) is 34.6. The molecule has 100 valence electrons. The third-order valence-electron chi connectivity index (χ3n) is 4.23. The molecule has 2 atom stereocenters. The van der Waals surface area contributed by atoms with Gasteiger partial charge in [0.15, 0.2) is 0 Å². The standard InChI is InChI=1S/C14H28N2O/c1-11(2)9-16(12-5-6-12)13-4-3-7-14(15,8-13)10-17/h11-13,17H,3-10,15H2,1-2H3. The molecule has 0 amide bonds. The lowest BCUT2D eigenvalue weighted by molar-refractivity contribution is 0.0694. The summed E-state index contributed by atoms with van der Waals surface area (Å²) in [5.41, 5.74) is 5.95. The number of nitrogens with zero attached hydrogens (tertiary/aromatic N) is 1. The zero-order valence-corrected chi connectivity index (χ0v) is 11.4. The van der Waals surface area contributed by atoms with E-state index in [0.717, 1.165) is 24.8 Å². The summed E-state index contributed by atoms with van der Waals surface area (Å²) in [5.74, 6) is 0.721. The van der Waals surface area contributed by atoms with Crippen molar-refractivity contribution in [2.24, 2.45) is 11.7 Å². The summed E-state index contributed by atoms with van der Waals surface area (Å²) in [4.78, 5) is 2.68. The molecule has 3 N–H and O–H groups in total. The van der Waals surface area contributed by atoms with Gasteiger partial charge in [-0.25, -0.2) is 0 Å². The molecular formula is C14H28N2O. The Bertz CT molecular complexity index is 253. The predicted molar refractivity (Wildman–Crippen MR) is 70.8 cm³/mol. The minimum absolute atomic E-state index is 0.143. The molecule has 2 unspecified atom stereocenters. The van der Waals surface area contributed by atoms with Crippen molar-refractivity contribution in [2.45, 2.75) is 70.0 Å². The van der Waals surface area contributed by atoms with Crippen LogP contribution in [0.4, 0.5) is 0 Å². The Morgan fingerprint density at radius 3 is 2.53 bits per heavy atom. The van der Waals surface area contributed by atoms with Crippen molar-refractivity contribution < 1.29 is 5.11 Å². The van der Waals surface area contributed by atoms with Crippen LogP contribution in [0.3, 0.4) is 0 Å². The molecule has 3 heteroatoms. The Morgan fingerprint density at radius 2 is 2.00 bits per heavy atom. The molecule has 0 heterocycles. The summed E-state index contributed by atoms with van der Waals surface area (Å²) in [6.45, 7) is 5.92. The Labute approximate surface area is 105 Å². The molecule has 0 aromatic rings. The van der Waals surface area contributed by atoms with E-state index < -0.39 is 0 Å². The molecule has 0 bridgehead atoms. The summed E-state index contributed by atoms with van der Waals surface area (Å²) >= 11 is 0. The lowest BCUT2D eigenvalue weighted by Gasteiger charge is -2.42. The molecule has 0 aromatic heterocycles. The Hall–Kier alpha value is -0.120. The summed E-state index contributed by atoms with van der Waals surface area (Å²) in [6.07, 6.45) is 7.12. The summed E-state index contributed by atoms with van der Waals surface area (Å²) in [6, 6.07) is 1.42. The fourth-order valence-electron chi connectivity index (χ4n) is 3.21. The second-order valence-electron chi connectivity index (χ2n) is 6.59. The summed E-state index contributed by atoms with van der Waals surface area (Å²) in [5, 5.41) is 9.44. The van der Waals surface area contributed by atoms with Crippen LogP contribution in [0.1, 0.15) is 52.4 Å². The Morgan fingerprint density at radius 1 is 1.29 bits per heavy atom. The van der Waals surface area contributed by atoms with E-state index in [9.17, 15) is 5.11 Å². The first-order chi connectivity index (χ1) is 8.04. The summed E-state index contributed by atoms with van der Waals surface area (Å²) in [7, 11) is 0. The van der Waals surface area contributed by atoms with E-state index >= 15 is 0 Å². The number of hydrogen-bond donors (Lipinski definition) is 2. The molecule has 2 aliphatic carbocycles. The first kappa shape index (κ1) is 13.3. The molecule has 0 saturated heterocycles. The van der Waals surface area contributed by atoms with Gasteiger partial charge in [0.2, 0.25) is 0 Å². The van der Waals surface area contributed by atoms with Gasteiger partial charge in [0, 0.05) is 24.2 Å². The fraction of sp³-hybridized carbons (Fsp3) is 1.00. The topological polar surface area (TPSA) is 49.5 Å². The van der Waals surface area contributed by atoms with Gasteiger partial charge in [-0.3, -0.25) is 4.90 Å². The molecule has 0 spiro atoms. The average Bonchev–Trinajstić information content (AvgIpc) is 3.09. The van der Waals surface area contributed by atoms with Crippen LogP contribution >= 0.6 is 0 Å². The highest BCUT2D eigenvalue weighted by Crippen LogP contribution is 2.36. The van der Waals surface area contributed by atoms with Gasteiger partial charge >= 0.3 is 0 Å². The van der Waals surface area contributed by atoms with Crippen LogP contribution < -0.4 is 5.73 Å². The quantitative estimate of drug-likeness (QED) is 0.769. The van der Waals surface area contributed by atoms with Gasteiger partial charge in [-0.1, -0.05) is 13.8 Å². The molecular weight excluding hydrogens is 212 g/mol. The van der Waals surface area contributed by atoms with Crippen LogP contribution in [0, 0.1) is 5.92 Å². The van der Waals surface area contributed by atoms with Gasteiger partial charge in [0.05, 0.1) is 6.61 Å². The second-order valence-corrected chi connectivity index (χ2v) is 6.59. The molecule has 17 heavy (non-hydrogen) atoms. The van der Waals surface area contributed by atoms with E-state index in [4.69, 9.17) is 5.73 Å². The summed E-state index contributed by atoms with van der Waals surface area (Å²) < 4.78 is 0. The van der Waals surface area contributed by atoms with Crippen LogP contribution in [0.25, 0.3) is 0 Å². The maximum atomic E-state index is 9.44. The van der Waals surface area contributed by atoms with Crippen molar-refractivity contribution in [3.63, 3.8) is 0 Å². The minimum atomic E-state index is -0.312. The Kier molecular flexibility index (Phi) is 4.11. The maximum Gasteiger partial charge on any atom is 0.0611 e. The smallest absolute Gasteiger partial charge is 0.0611 e. The first-order valence-electron chi connectivity index (χ1n) is 7.19. The highest BCUT2D eigenvalue weighted by molar-refractivity contribution is 4.97. The zero-order chi connectivity index (χ0) is 12.5. The van der Waals surface area contributed by atoms with E-state index in [2.05, 4.69) is 18.7 Å². The van der Waals surface area contributed by atoms with Crippen molar-refractivity contribution in [1.82, 2.24) is 4.90 Å². The van der Waals surface area contributed by atoms with Crippen LogP contribution in [-0.4, -0.2) is 40.8 Å². The largest absolute Gasteiger partial charge is 0.394 e. The van der Waals surface area contributed by atoms with E-state index in [1.165, 1.54) is 32.2 Å². The third kappa shape index (κ3) is 3.43. The zero-order valence-electron chi connectivity index (χ0n) is 11.4. The van der Waals surface area contributed by atoms with Crippen LogP contribution in [0.5, 0.6) is 0 Å². The monoisotopic (exact) mass is 240 g/mol. The van der Waals surface area contributed by atoms with Crippen LogP contribution in [-0.2, 0) is 0 Å². The number of aliphatic hydroxyl groups excluding tert-OH is 1. The molecule has 3 nitrogen and oxygen atoms in total. The van der Waals surface area contributed by atoms with E-state index in [1.54, 1.807) is 0 Å². The average molecular weight is 240 g/mol. The third-order valence-corrected chi connectivity index (χ3v) is 4.23. The van der Waals surface area contributed by atoms with Gasteiger partial charge in [0.25, 0.3) is 0 Å². The fourth-order valence-corrected chi connectivity index (χ4v) is 3.21. The van der Waals surface area contributed by atoms with Gasteiger partial charge in [-0.2, -0.15) is 0 Å². The Balaban J connectivity index is 1.98. The maximum absolute atomic E-state index is 9.44. The number of aliphatic hydroxyl groups is 1. The predicted octanol–water partition coefficient (Wildman–Crippen LogP) is 1.74. The van der Waals surface area contributed by atoms with E-state index in [-0.39, 0.29) is 12.1 Å². The van der Waals surface area contributed by atoms with Crippen molar-refractivity contribution in [1.29, 1.82) is 0 Å². The number of rotatable bonds is 5. The van der Waals surface area contributed by atoms with Gasteiger partial charge in [0.1, 0.15) is 0 Å². The molecule has 0 radical (unpaired) electrons. The van der Waals surface area contributed by atoms with Crippen molar-refractivity contribution in [2.75, 3.05) is 13.2 Å². The molecule has 2 fully saturated rings. The van der Waals surface area contributed by atoms with E-state index in [0.29, 0.717) is 6.04 Å². The molecule has 0 aromatic carbocycles. The highest BCUT2D eigenvalue weighted by atomic mass is 16.3. The van der Waals surface area contributed by atoms with Crippen LogP contribution in [0.15, 0.2) is 0 Å². The lowest BCUT2D eigenvalue weighted by atomic mass is 9.79. The number of nitrogens with two attached hydrogens (primary N) is 1. The highest BCUT2D eigenvalue weighted by Gasteiger charge is 2.40. The molecule has 2 saturated carbocycles.